The Morgan fingerprint density at radius 3 is 2.25 bits per heavy atom. The summed E-state index contributed by atoms with van der Waals surface area (Å²) >= 11 is 0. The third-order valence-electron chi connectivity index (χ3n) is 5.30. The quantitative estimate of drug-likeness (QED) is 0.620. The van der Waals surface area contributed by atoms with E-state index in [1.165, 1.54) is 12.5 Å². The van der Waals surface area contributed by atoms with E-state index in [0.29, 0.717) is 6.42 Å². The molecule has 24 heavy (non-hydrogen) atoms. The lowest BCUT2D eigenvalue weighted by Crippen LogP contribution is -2.46. The summed E-state index contributed by atoms with van der Waals surface area (Å²) in [6.45, 7) is 9.41. The van der Waals surface area contributed by atoms with E-state index in [4.69, 9.17) is 9.47 Å². The van der Waals surface area contributed by atoms with Gasteiger partial charge in [0.05, 0.1) is 11.5 Å². The molecule has 1 aromatic carbocycles. The van der Waals surface area contributed by atoms with Gasteiger partial charge in [-0.05, 0) is 63.6 Å². The third-order valence-corrected chi connectivity index (χ3v) is 5.30. The highest BCUT2D eigenvalue weighted by molar-refractivity contribution is 5.88. The number of aryl methyl sites for hydroxylation is 3. The molecule has 4 heteroatoms. The van der Waals surface area contributed by atoms with E-state index >= 15 is 0 Å². The Morgan fingerprint density at radius 2 is 1.75 bits per heavy atom. The molecule has 3 unspecified atom stereocenters. The van der Waals surface area contributed by atoms with Gasteiger partial charge in [0.25, 0.3) is 0 Å². The van der Waals surface area contributed by atoms with E-state index in [-0.39, 0.29) is 12.0 Å². The number of rotatable bonds is 3. The SMILES string of the molecule is COC1CCCC(C)(C(=O)OC(C)=O)C1c1c(C)cc(C)cc1C. The summed E-state index contributed by atoms with van der Waals surface area (Å²) in [6.07, 6.45) is 2.40. The molecule has 0 saturated heterocycles. The smallest absolute Gasteiger partial charge is 0.320 e. The monoisotopic (exact) mass is 332 g/mol. The van der Waals surface area contributed by atoms with Crippen LogP contribution in [-0.2, 0) is 19.1 Å². The Labute approximate surface area is 144 Å². The van der Waals surface area contributed by atoms with Crippen molar-refractivity contribution in [1.29, 1.82) is 0 Å². The van der Waals surface area contributed by atoms with E-state index < -0.39 is 17.4 Å². The first-order valence-electron chi connectivity index (χ1n) is 8.54. The van der Waals surface area contributed by atoms with Gasteiger partial charge >= 0.3 is 11.9 Å². The number of ether oxygens (including phenoxy) is 2. The fourth-order valence-electron chi connectivity index (χ4n) is 4.32. The molecule has 0 bridgehead atoms. The van der Waals surface area contributed by atoms with Crippen LogP contribution < -0.4 is 0 Å². The highest BCUT2D eigenvalue weighted by Crippen LogP contribution is 2.50. The maximum Gasteiger partial charge on any atom is 0.320 e. The van der Waals surface area contributed by atoms with Crippen LogP contribution in [0.25, 0.3) is 0 Å². The van der Waals surface area contributed by atoms with Gasteiger partial charge < -0.3 is 9.47 Å². The zero-order valence-electron chi connectivity index (χ0n) is 15.6. The van der Waals surface area contributed by atoms with Crippen molar-refractivity contribution in [3.8, 4) is 0 Å². The molecule has 1 saturated carbocycles. The van der Waals surface area contributed by atoms with Gasteiger partial charge in [0, 0.05) is 20.0 Å². The normalized spacial score (nSPS) is 26.9. The van der Waals surface area contributed by atoms with Gasteiger partial charge in [0.15, 0.2) is 0 Å². The Bertz CT molecular complexity index is 626. The van der Waals surface area contributed by atoms with Gasteiger partial charge in [-0.2, -0.15) is 0 Å². The van der Waals surface area contributed by atoms with Crippen LogP contribution >= 0.6 is 0 Å². The summed E-state index contributed by atoms with van der Waals surface area (Å²) in [6, 6.07) is 4.28. The summed E-state index contributed by atoms with van der Waals surface area (Å²) < 4.78 is 10.8. The van der Waals surface area contributed by atoms with Gasteiger partial charge in [-0.1, -0.05) is 17.7 Å². The van der Waals surface area contributed by atoms with Gasteiger partial charge in [-0.3, -0.25) is 9.59 Å². The first-order valence-corrected chi connectivity index (χ1v) is 8.54. The number of hydrogen-bond acceptors (Lipinski definition) is 4. The molecule has 132 valence electrons. The number of carbonyl (C=O) groups is 2. The number of methoxy groups -OCH3 is 1. The third kappa shape index (κ3) is 3.39. The zero-order valence-corrected chi connectivity index (χ0v) is 15.6. The van der Waals surface area contributed by atoms with E-state index in [9.17, 15) is 9.59 Å². The largest absolute Gasteiger partial charge is 0.393 e. The first-order chi connectivity index (χ1) is 11.2. The van der Waals surface area contributed by atoms with E-state index in [0.717, 1.165) is 29.5 Å². The molecule has 0 radical (unpaired) electrons. The average molecular weight is 332 g/mol. The molecule has 1 fully saturated rings. The topological polar surface area (TPSA) is 52.6 Å². The standard InChI is InChI=1S/C20H28O4/c1-12-10-13(2)17(14(3)11-12)18-16(23-6)8-7-9-20(18,5)19(22)24-15(4)21/h10-11,16,18H,7-9H2,1-6H3. The lowest BCUT2D eigenvalue weighted by molar-refractivity contribution is -0.170. The summed E-state index contributed by atoms with van der Waals surface area (Å²) in [5.41, 5.74) is 3.89. The molecule has 0 amide bonds. The molecule has 0 aliphatic heterocycles. The van der Waals surface area contributed by atoms with Gasteiger partial charge in [0.1, 0.15) is 0 Å². The molecular formula is C20H28O4. The van der Waals surface area contributed by atoms with Crippen LogP contribution in [0.2, 0.25) is 0 Å². The minimum absolute atomic E-state index is 0.0663. The number of hydrogen-bond donors (Lipinski definition) is 0. The molecule has 1 aliphatic carbocycles. The first kappa shape index (κ1) is 18.7. The van der Waals surface area contributed by atoms with Crippen LogP contribution in [0.15, 0.2) is 12.1 Å². The molecule has 2 rings (SSSR count). The van der Waals surface area contributed by atoms with Crippen LogP contribution in [0.5, 0.6) is 0 Å². The van der Waals surface area contributed by atoms with Crippen LogP contribution in [0.1, 0.15) is 61.3 Å². The number of benzene rings is 1. The van der Waals surface area contributed by atoms with E-state index in [1.54, 1.807) is 7.11 Å². The molecule has 0 aromatic heterocycles. The number of carbonyl (C=O) groups excluding carboxylic acids is 2. The molecular weight excluding hydrogens is 304 g/mol. The molecule has 3 atom stereocenters. The van der Waals surface area contributed by atoms with Gasteiger partial charge in [0.2, 0.25) is 0 Å². The minimum Gasteiger partial charge on any atom is -0.393 e. The fourth-order valence-corrected chi connectivity index (χ4v) is 4.32. The maximum absolute atomic E-state index is 12.8. The van der Waals surface area contributed by atoms with Gasteiger partial charge in [-0.15, -0.1) is 0 Å². The predicted molar refractivity (Wildman–Crippen MR) is 92.9 cm³/mol. The van der Waals surface area contributed by atoms with Crippen molar-refractivity contribution in [3.63, 3.8) is 0 Å². The van der Waals surface area contributed by atoms with Crippen molar-refractivity contribution in [2.45, 2.75) is 65.9 Å². The molecule has 1 aromatic rings. The van der Waals surface area contributed by atoms with Crippen molar-refractivity contribution in [3.05, 3.63) is 34.4 Å². The summed E-state index contributed by atoms with van der Waals surface area (Å²) in [5, 5.41) is 0. The average Bonchev–Trinajstić information content (AvgIpc) is 2.47. The second kappa shape index (κ2) is 7.06. The lowest BCUT2D eigenvalue weighted by Gasteiger charge is -2.44. The predicted octanol–water partition coefficient (Wildman–Crippen LogP) is 3.99. The van der Waals surface area contributed by atoms with E-state index in [1.807, 2.05) is 6.92 Å². The lowest BCUT2D eigenvalue weighted by atomic mass is 9.62. The zero-order chi connectivity index (χ0) is 18.1. The minimum atomic E-state index is -0.768. The molecule has 0 spiro atoms. The van der Waals surface area contributed by atoms with Crippen molar-refractivity contribution in [1.82, 2.24) is 0 Å². The molecule has 1 aliphatic rings. The second-order valence-corrected chi connectivity index (χ2v) is 7.26. The van der Waals surface area contributed by atoms with Crippen LogP contribution in [0, 0.1) is 26.2 Å². The van der Waals surface area contributed by atoms with Crippen molar-refractivity contribution in [2.75, 3.05) is 7.11 Å². The van der Waals surface area contributed by atoms with Crippen molar-refractivity contribution in [2.24, 2.45) is 5.41 Å². The maximum atomic E-state index is 12.8. The van der Waals surface area contributed by atoms with Crippen molar-refractivity contribution < 1.29 is 19.1 Å². The van der Waals surface area contributed by atoms with Crippen LogP contribution in [-0.4, -0.2) is 25.2 Å². The molecule has 0 heterocycles. The van der Waals surface area contributed by atoms with Gasteiger partial charge in [-0.25, -0.2) is 0 Å². The highest BCUT2D eigenvalue weighted by Gasteiger charge is 2.50. The summed E-state index contributed by atoms with van der Waals surface area (Å²) in [7, 11) is 1.69. The summed E-state index contributed by atoms with van der Waals surface area (Å²) in [5.74, 6) is -1.12. The highest BCUT2D eigenvalue weighted by atomic mass is 16.6. The van der Waals surface area contributed by atoms with Crippen LogP contribution in [0.3, 0.4) is 0 Å². The Kier molecular flexibility index (Phi) is 5.49. The van der Waals surface area contributed by atoms with Crippen molar-refractivity contribution >= 4 is 11.9 Å². The Hall–Kier alpha value is -1.68. The molecule has 4 nitrogen and oxygen atoms in total. The van der Waals surface area contributed by atoms with Crippen LogP contribution in [0.4, 0.5) is 0 Å². The fraction of sp³-hybridized carbons (Fsp3) is 0.600. The Morgan fingerprint density at radius 1 is 1.17 bits per heavy atom. The summed E-state index contributed by atoms with van der Waals surface area (Å²) in [4.78, 5) is 24.1. The van der Waals surface area contributed by atoms with E-state index in [2.05, 4.69) is 32.9 Å². The Balaban J connectivity index is 2.58. The second-order valence-electron chi connectivity index (χ2n) is 7.26. The molecule has 0 N–H and O–H groups in total. The number of esters is 2.